The van der Waals surface area contributed by atoms with Crippen molar-refractivity contribution in [1.29, 1.82) is 0 Å². The standard InChI is InChI=1S/C36H21NS2/c1-4-16-28-22(10-1)23-11-2-5-17-29(23)37(28)30-18-9-21-33-35(30)34-25(13-8-20-32(34)38-33)27-15-7-14-26-24-12-3-6-19-31(24)39-36(26)27/h1-21H. The summed E-state index contributed by atoms with van der Waals surface area (Å²) in [5.41, 5.74) is 6.36. The topological polar surface area (TPSA) is 4.93 Å². The van der Waals surface area contributed by atoms with Gasteiger partial charge in [0, 0.05) is 56.7 Å². The largest absolute Gasteiger partial charge is 0.309 e. The van der Waals surface area contributed by atoms with E-state index in [-0.39, 0.29) is 0 Å². The van der Waals surface area contributed by atoms with E-state index < -0.39 is 0 Å². The Bertz CT molecular complexity index is 2350. The summed E-state index contributed by atoms with van der Waals surface area (Å²) in [4.78, 5) is 0. The fraction of sp³-hybridized carbons (Fsp3) is 0. The summed E-state index contributed by atoms with van der Waals surface area (Å²) in [7, 11) is 0. The second kappa shape index (κ2) is 8.03. The fourth-order valence-electron chi connectivity index (χ4n) is 6.40. The molecule has 0 aliphatic carbocycles. The van der Waals surface area contributed by atoms with Gasteiger partial charge in [0.1, 0.15) is 0 Å². The summed E-state index contributed by atoms with van der Waals surface area (Å²) in [6.07, 6.45) is 0. The maximum atomic E-state index is 2.47. The van der Waals surface area contributed by atoms with Crippen molar-refractivity contribution < 1.29 is 0 Å². The first-order chi connectivity index (χ1) is 19.4. The number of fused-ring (bicyclic) bond motifs is 9. The Morgan fingerprint density at radius 3 is 1.74 bits per heavy atom. The van der Waals surface area contributed by atoms with Gasteiger partial charge in [0.05, 0.1) is 16.7 Å². The lowest BCUT2D eigenvalue weighted by atomic mass is 9.97. The molecule has 0 unspecified atom stereocenters. The van der Waals surface area contributed by atoms with Crippen LogP contribution in [0, 0.1) is 0 Å². The Hall–Kier alpha value is -4.44. The minimum atomic E-state index is 1.24. The molecule has 9 aromatic rings. The van der Waals surface area contributed by atoms with E-state index in [0.29, 0.717) is 0 Å². The molecule has 6 aromatic carbocycles. The molecule has 0 bridgehead atoms. The zero-order chi connectivity index (χ0) is 25.5. The van der Waals surface area contributed by atoms with Gasteiger partial charge < -0.3 is 4.57 Å². The molecule has 0 fully saturated rings. The summed E-state index contributed by atoms with van der Waals surface area (Å²) < 4.78 is 7.82. The number of thiophene rings is 2. The molecule has 0 N–H and O–H groups in total. The minimum Gasteiger partial charge on any atom is -0.309 e. The number of rotatable bonds is 2. The molecule has 3 aromatic heterocycles. The van der Waals surface area contributed by atoms with Crippen molar-refractivity contribution in [3.63, 3.8) is 0 Å². The second-order valence-electron chi connectivity index (χ2n) is 10.1. The number of benzene rings is 6. The smallest absolute Gasteiger partial charge is 0.0555 e. The van der Waals surface area contributed by atoms with E-state index in [1.807, 2.05) is 22.7 Å². The normalized spacial score (nSPS) is 12.1. The van der Waals surface area contributed by atoms with Crippen molar-refractivity contribution in [1.82, 2.24) is 4.57 Å². The van der Waals surface area contributed by atoms with Gasteiger partial charge in [0.25, 0.3) is 0 Å². The molecule has 0 radical (unpaired) electrons. The number of hydrogen-bond acceptors (Lipinski definition) is 2. The SMILES string of the molecule is c1ccc2c(c1)sc1c(-c3cccc4sc5cccc(-n6c7ccccc7c7ccccc76)c5c34)cccc12. The van der Waals surface area contributed by atoms with E-state index in [1.165, 1.54) is 79.0 Å². The highest BCUT2D eigenvalue weighted by Crippen LogP contribution is 2.47. The van der Waals surface area contributed by atoms with Gasteiger partial charge in [-0.15, -0.1) is 22.7 Å². The van der Waals surface area contributed by atoms with Gasteiger partial charge in [-0.05, 0) is 42.0 Å². The monoisotopic (exact) mass is 531 g/mol. The quantitative estimate of drug-likeness (QED) is 0.209. The van der Waals surface area contributed by atoms with E-state index in [9.17, 15) is 0 Å². The zero-order valence-corrected chi connectivity index (χ0v) is 22.5. The molecule has 0 saturated heterocycles. The van der Waals surface area contributed by atoms with Crippen molar-refractivity contribution in [2.75, 3.05) is 0 Å². The molecular formula is C36H21NS2. The van der Waals surface area contributed by atoms with Crippen LogP contribution in [-0.2, 0) is 0 Å². The number of hydrogen-bond donors (Lipinski definition) is 0. The molecule has 0 aliphatic heterocycles. The molecule has 3 heterocycles. The number of aromatic nitrogens is 1. The van der Waals surface area contributed by atoms with Gasteiger partial charge in [-0.3, -0.25) is 0 Å². The molecular weight excluding hydrogens is 511 g/mol. The second-order valence-corrected chi connectivity index (χ2v) is 12.2. The maximum Gasteiger partial charge on any atom is 0.0555 e. The Labute approximate surface area is 232 Å². The number of para-hydroxylation sites is 2. The van der Waals surface area contributed by atoms with Crippen LogP contribution in [0.4, 0.5) is 0 Å². The van der Waals surface area contributed by atoms with E-state index in [1.54, 1.807) is 0 Å². The highest BCUT2D eigenvalue weighted by atomic mass is 32.1. The van der Waals surface area contributed by atoms with E-state index >= 15 is 0 Å². The van der Waals surface area contributed by atoms with Crippen LogP contribution in [0.25, 0.3) is 79.0 Å². The zero-order valence-electron chi connectivity index (χ0n) is 20.9. The molecule has 1 nitrogen and oxygen atoms in total. The molecule has 0 spiro atoms. The summed E-state index contributed by atoms with van der Waals surface area (Å²) in [6, 6.07) is 46.8. The van der Waals surface area contributed by atoms with E-state index in [0.717, 1.165) is 0 Å². The lowest BCUT2D eigenvalue weighted by Crippen LogP contribution is -1.94. The van der Waals surface area contributed by atoms with Gasteiger partial charge in [-0.25, -0.2) is 0 Å². The Kier molecular flexibility index (Phi) is 4.43. The van der Waals surface area contributed by atoms with Crippen molar-refractivity contribution >= 4 is 84.8 Å². The predicted molar refractivity (Wildman–Crippen MR) is 172 cm³/mol. The van der Waals surface area contributed by atoms with Crippen molar-refractivity contribution in [3.05, 3.63) is 127 Å². The molecule has 9 rings (SSSR count). The number of nitrogens with zero attached hydrogens (tertiary/aromatic N) is 1. The molecule has 0 amide bonds. The summed E-state index contributed by atoms with van der Waals surface area (Å²) in [5.74, 6) is 0. The highest BCUT2D eigenvalue weighted by Gasteiger charge is 2.20. The summed E-state index contributed by atoms with van der Waals surface area (Å²) >= 11 is 3.80. The Morgan fingerprint density at radius 2 is 0.949 bits per heavy atom. The Morgan fingerprint density at radius 1 is 0.385 bits per heavy atom. The van der Waals surface area contributed by atoms with E-state index in [2.05, 4.69) is 132 Å². The van der Waals surface area contributed by atoms with Gasteiger partial charge >= 0.3 is 0 Å². The molecule has 3 heteroatoms. The van der Waals surface area contributed by atoms with Crippen molar-refractivity contribution in [2.45, 2.75) is 0 Å². The van der Waals surface area contributed by atoms with Crippen LogP contribution >= 0.6 is 22.7 Å². The molecule has 0 atom stereocenters. The first-order valence-electron chi connectivity index (χ1n) is 13.2. The predicted octanol–water partition coefficient (Wildman–Crippen LogP) is 11.2. The first kappa shape index (κ1) is 21.5. The van der Waals surface area contributed by atoms with Crippen molar-refractivity contribution in [3.8, 4) is 16.8 Å². The third-order valence-corrected chi connectivity index (χ3v) is 10.4. The summed E-state index contributed by atoms with van der Waals surface area (Å²) in [6.45, 7) is 0. The van der Waals surface area contributed by atoms with Crippen LogP contribution in [0.2, 0.25) is 0 Å². The fourth-order valence-corrected chi connectivity index (χ4v) is 8.78. The third-order valence-electron chi connectivity index (χ3n) is 8.02. The van der Waals surface area contributed by atoms with Crippen LogP contribution in [0.3, 0.4) is 0 Å². The van der Waals surface area contributed by atoms with Crippen LogP contribution in [0.5, 0.6) is 0 Å². The van der Waals surface area contributed by atoms with Crippen LogP contribution in [-0.4, -0.2) is 4.57 Å². The third kappa shape index (κ3) is 2.94. The van der Waals surface area contributed by atoms with Crippen molar-refractivity contribution in [2.24, 2.45) is 0 Å². The highest BCUT2D eigenvalue weighted by molar-refractivity contribution is 7.27. The van der Waals surface area contributed by atoms with Gasteiger partial charge in [0.2, 0.25) is 0 Å². The van der Waals surface area contributed by atoms with E-state index in [4.69, 9.17) is 0 Å². The molecule has 0 saturated carbocycles. The molecule has 182 valence electrons. The first-order valence-corrected chi connectivity index (χ1v) is 14.8. The van der Waals surface area contributed by atoms with Crippen LogP contribution in [0.1, 0.15) is 0 Å². The van der Waals surface area contributed by atoms with Crippen LogP contribution < -0.4 is 0 Å². The van der Waals surface area contributed by atoms with Gasteiger partial charge in [-0.1, -0.05) is 91.0 Å². The van der Waals surface area contributed by atoms with Gasteiger partial charge in [-0.2, -0.15) is 0 Å². The summed E-state index contributed by atoms with van der Waals surface area (Å²) in [5, 5.41) is 7.94. The average molecular weight is 532 g/mol. The van der Waals surface area contributed by atoms with Gasteiger partial charge in [0.15, 0.2) is 0 Å². The lowest BCUT2D eigenvalue weighted by Gasteiger charge is -2.12. The maximum absolute atomic E-state index is 2.47. The lowest BCUT2D eigenvalue weighted by molar-refractivity contribution is 1.20. The average Bonchev–Trinajstić information content (AvgIpc) is 3.66. The Balaban J connectivity index is 1.44. The molecule has 39 heavy (non-hydrogen) atoms. The van der Waals surface area contributed by atoms with Crippen LogP contribution in [0.15, 0.2) is 127 Å². The minimum absolute atomic E-state index is 1.24. The molecule has 0 aliphatic rings.